The normalized spacial score (nSPS) is 14.0. The van der Waals surface area contributed by atoms with Gasteiger partial charge in [0.15, 0.2) is 5.96 Å². The summed E-state index contributed by atoms with van der Waals surface area (Å²) in [5.41, 5.74) is 1.10. The van der Waals surface area contributed by atoms with Crippen LogP contribution in [0.1, 0.15) is 31.7 Å². The number of rotatable bonds is 10. The Kier molecular flexibility index (Phi) is 10.7. The van der Waals surface area contributed by atoms with Gasteiger partial charge in [-0.3, -0.25) is 4.99 Å². The molecule has 7 heteroatoms. The third-order valence-corrected chi connectivity index (χ3v) is 3.61. The van der Waals surface area contributed by atoms with Crippen molar-refractivity contribution in [1.82, 2.24) is 15.6 Å². The Hall–Kier alpha value is -1.09. The van der Waals surface area contributed by atoms with E-state index >= 15 is 0 Å². The van der Waals surface area contributed by atoms with Gasteiger partial charge in [-0.05, 0) is 37.7 Å². The van der Waals surface area contributed by atoms with Gasteiger partial charge in [-0.15, -0.1) is 24.0 Å². The van der Waals surface area contributed by atoms with E-state index < -0.39 is 0 Å². The van der Waals surface area contributed by atoms with E-state index in [9.17, 15) is 0 Å². The van der Waals surface area contributed by atoms with Gasteiger partial charge >= 0.3 is 0 Å². The number of halogens is 1. The monoisotopic (exact) mass is 448 g/mol. The summed E-state index contributed by atoms with van der Waals surface area (Å²) in [4.78, 5) is 8.54. The van der Waals surface area contributed by atoms with Gasteiger partial charge in [-0.1, -0.05) is 6.07 Å². The van der Waals surface area contributed by atoms with Crippen molar-refractivity contribution in [3.63, 3.8) is 0 Å². The second kappa shape index (κ2) is 12.3. The molecule has 1 aliphatic rings. The SMILES string of the molecule is CCOCCCNC(=NC)NCc1ccc(OCC2CC2)nc1.I. The number of guanidine groups is 1. The molecule has 1 aromatic heterocycles. The Labute approximate surface area is 161 Å². The fourth-order valence-corrected chi connectivity index (χ4v) is 2.02. The first-order valence-corrected chi connectivity index (χ1v) is 8.41. The molecular formula is C17H29IN4O2. The van der Waals surface area contributed by atoms with Crippen LogP contribution >= 0.6 is 24.0 Å². The van der Waals surface area contributed by atoms with Gasteiger partial charge in [0.2, 0.25) is 5.88 Å². The van der Waals surface area contributed by atoms with Crippen molar-refractivity contribution in [3.05, 3.63) is 23.9 Å². The van der Waals surface area contributed by atoms with Gasteiger partial charge in [0.05, 0.1) is 6.61 Å². The van der Waals surface area contributed by atoms with Crippen LogP contribution in [0, 0.1) is 5.92 Å². The molecular weight excluding hydrogens is 419 g/mol. The van der Waals surface area contributed by atoms with E-state index in [-0.39, 0.29) is 24.0 Å². The Balaban J connectivity index is 0.00000288. The van der Waals surface area contributed by atoms with E-state index in [0.717, 1.165) is 50.2 Å². The second-order valence-corrected chi connectivity index (χ2v) is 5.66. The summed E-state index contributed by atoms with van der Waals surface area (Å²) in [6, 6.07) is 3.96. The number of hydrogen-bond acceptors (Lipinski definition) is 4. The average molecular weight is 448 g/mol. The van der Waals surface area contributed by atoms with Crippen LogP contribution in [0.4, 0.5) is 0 Å². The highest BCUT2D eigenvalue weighted by atomic mass is 127. The van der Waals surface area contributed by atoms with Crippen LogP contribution < -0.4 is 15.4 Å². The van der Waals surface area contributed by atoms with Gasteiger partial charge in [0.1, 0.15) is 0 Å². The zero-order valence-electron chi connectivity index (χ0n) is 14.6. The summed E-state index contributed by atoms with van der Waals surface area (Å²) < 4.78 is 10.9. The predicted octanol–water partition coefficient (Wildman–Crippen LogP) is 2.58. The van der Waals surface area contributed by atoms with Gasteiger partial charge in [0.25, 0.3) is 0 Å². The lowest BCUT2D eigenvalue weighted by Gasteiger charge is -2.12. The summed E-state index contributed by atoms with van der Waals surface area (Å²) in [7, 11) is 1.77. The minimum Gasteiger partial charge on any atom is -0.477 e. The van der Waals surface area contributed by atoms with E-state index in [2.05, 4.69) is 20.6 Å². The van der Waals surface area contributed by atoms with Crippen LogP contribution in [0.15, 0.2) is 23.3 Å². The molecule has 0 aromatic carbocycles. The largest absolute Gasteiger partial charge is 0.477 e. The summed E-state index contributed by atoms with van der Waals surface area (Å²) in [6.45, 7) is 5.85. The van der Waals surface area contributed by atoms with Crippen molar-refractivity contribution in [2.45, 2.75) is 32.7 Å². The maximum absolute atomic E-state index is 5.64. The highest BCUT2D eigenvalue weighted by molar-refractivity contribution is 14.0. The number of pyridine rings is 1. The molecule has 0 bridgehead atoms. The van der Waals surface area contributed by atoms with Crippen molar-refractivity contribution in [2.75, 3.05) is 33.4 Å². The first-order valence-electron chi connectivity index (χ1n) is 8.41. The van der Waals surface area contributed by atoms with Crippen LogP contribution in [-0.4, -0.2) is 44.4 Å². The second-order valence-electron chi connectivity index (χ2n) is 5.66. The summed E-state index contributed by atoms with van der Waals surface area (Å²) in [5, 5.41) is 6.54. The van der Waals surface area contributed by atoms with Gasteiger partial charge in [-0.2, -0.15) is 0 Å². The number of aromatic nitrogens is 1. The van der Waals surface area contributed by atoms with E-state index in [1.54, 1.807) is 7.05 Å². The van der Waals surface area contributed by atoms with E-state index in [1.807, 2.05) is 25.3 Å². The molecule has 1 aliphatic carbocycles. The van der Waals surface area contributed by atoms with Crippen molar-refractivity contribution in [1.29, 1.82) is 0 Å². The van der Waals surface area contributed by atoms with Crippen molar-refractivity contribution in [2.24, 2.45) is 10.9 Å². The zero-order chi connectivity index (χ0) is 16.3. The third-order valence-electron chi connectivity index (χ3n) is 3.61. The highest BCUT2D eigenvalue weighted by Gasteiger charge is 2.21. The molecule has 136 valence electrons. The fraction of sp³-hybridized carbons (Fsp3) is 0.647. The minimum absolute atomic E-state index is 0. The maximum Gasteiger partial charge on any atom is 0.213 e. The van der Waals surface area contributed by atoms with Crippen LogP contribution in [0.5, 0.6) is 5.88 Å². The number of hydrogen-bond donors (Lipinski definition) is 2. The minimum atomic E-state index is 0. The molecule has 1 fully saturated rings. The van der Waals surface area contributed by atoms with Crippen molar-refractivity contribution >= 4 is 29.9 Å². The molecule has 24 heavy (non-hydrogen) atoms. The molecule has 1 aromatic rings. The number of aliphatic imine (C=N–C) groups is 1. The molecule has 1 heterocycles. The number of nitrogens with zero attached hydrogens (tertiary/aromatic N) is 2. The summed E-state index contributed by atoms with van der Waals surface area (Å²) >= 11 is 0. The molecule has 6 nitrogen and oxygen atoms in total. The van der Waals surface area contributed by atoms with Gasteiger partial charge in [-0.25, -0.2) is 4.98 Å². The quantitative estimate of drug-likeness (QED) is 0.249. The average Bonchev–Trinajstić information content (AvgIpc) is 3.41. The Morgan fingerprint density at radius 3 is 2.79 bits per heavy atom. The number of ether oxygens (including phenoxy) is 2. The lowest BCUT2D eigenvalue weighted by Crippen LogP contribution is -2.37. The first kappa shape index (κ1) is 21.0. The van der Waals surface area contributed by atoms with Crippen LogP contribution in [0.2, 0.25) is 0 Å². The van der Waals surface area contributed by atoms with Gasteiger partial charge in [0, 0.05) is 45.6 Å². The van der Waals surface area contributed by atoms with E-state index in [1.165, 1.54) is 12.8 Å². The molecule has 0 atom stereocenters. The lowest BCUT2D eigenvalue weighted by molar-refractivity contribution is 0.145. The summed E-state index contributed by atoms with van der Waals surface area (Å²) in [5.74, 6) is 2.24. The Morgan fingerprint density at radius 2 is 2.17 bits per heavy atom. The lowest BCUT2D eigenvalue weighted by atomic mass is 10.3. The molecule has 1 saturated carbocycles. The Morgan fingerprint density at radius 1 is 1.33 bits per heavy atom. The molecule has 0 saturated heterocycles. The zero-order valence-corrected chi connectivity index (χ0v) is 16.9. The Bertz CT molecular complexity index is 478. The molecule has 0 unspecified atom stereocenters. The number of nitrogens with one attached hydrogen (secondary N) is 2. The van der Waals surface area contributed by atoms with Crippen LogP contribution in [-0.2, 0) is 11.3 Å². The van der Waals surface area contributed by atoms with Crippen molar-refractivity contribution < 1.29 is 9.47 Å². The van der Waals surface area contributed by atoms with Crippen LogP contribution in [0.25, 0.3) is 0 Å². The topological polar surface area (TPSA) is 67.8 Å². The van der Waals surface area contributed by atoms with Gasteiger partial charge < -0.3 is 20.1 Å². The predicted molar refractivity (Wildman–Crippen MR) is 107 cm³/mol. The van der Waals surface area contributed by atoms with E-state index in [4.69, 9.17) is 9.47 Å². The maximum atomic E-state index is 5.64. The molecule has 2 N–H and O–H groups in total. The first-order chi connectivity index (χ1) is 11.3. The smallest absolute Gasteiger partial charge is 0.213 e. The third kappa shape index (κ3) is 8.68. The van der Waals surface area contributed by atoms with Crippen LogP contribution in [0.3, 0.4) is 0 Å². The molecule has 0 radical (unpaired) electrons. The molecule has 0 spiro atoms. The highest BCUT2D eigenvalue weighted by Crippen LogP contribution is 2.29. The van der Waals surface area contributed by atoms with Crippen molar-refractivity contribution in [3.8, 4) is 5.88 Å². The standard InChI is InChI=1S/C17H28N4O2.HI/c1-3-22-10-4-9-19-17(18-2)21-12-15-7-8-16(20-11-15)23-13-14-5-6-14;/h7-8,11,14H,3-6,9-10,12-13H2,1-2H3,(H2,18,19,21);1H. The molecule has 0 aliphatic heterocycles. The molecule has 2 rings (SSSR count). The molecule has 0 amide bonds. The summed E-state index contributed by atoms with van der Waals surface area (Å²) in [6.07, 6.45) is 5.39. The van der Waals surface area contributed by atoms with E-state index in [0.29, 0.717) is 12.4 Å². The fourth-order valence-electron chi connectivity index (χ4n) is 2.02.